The smallest absolute Gasteiger partial charge is 0.245 e. The summed E-state index contributed by atoms with van der Waals surface area (Å²) in [5.41, 5.74) is 2.89. The monoisotopic (exact) mass is 337 g/mol. The molecule has 2 aromatic heterocycles. The molecule has 6 heteroatoms. The largest absolute Gasteiger partial charge is 0.497 e. The molecule has 0 unspecified atom stereocenters. The summed E-state index contributed by atoms with van der Waals surface area (Å²) < 4.78 is 5.17. The molecule has 24 heavy (non-hydrogen) atoms. The highest BCUT2D eigenvalue weighted by molar-refractivity contribution is 8.14. The van der Waals surface area contributed by atoms with Crippen molar-refractivity contribution in [2.75, 3.05) is 7.11 Å². The fraction of sp³-hybridized carbons (Fsp3) is 0.111. The summed E-state index contributed by atoms with van der Waals surface area (Å²) in [6.07, 6.45) is 1.59. The van der Waals surface area contributed by atoms with Gasteiger partial charge in [0.2, 0.25) is 5.12 Å². The Hall–Kier alpha value is -2.73. The Balaban J connectivity index is 1.87. The normalized spacial score (nSPS) is 10.4. The molecule has 0 N–H and O–H groups in total. The standard InChI is InChI=1S/C18H15N3O2S/c1-12-11-16(13-6-8-14(23-2)9-7-13)21-18(20-12)24-17(22)15-5-3-4-10-19-15/h3-11H,1-2H3. The molecular formula is C18H15N3O2S. The molecule has 120 valence electrons. The van der Waals surface area contributed by atoms with Gasteiger partial charge in [-0.3, -0.25) is 9.78 Å². The summed E-state index contributed by atoms with van der Waals surface area (Å²) >= 11 is 0.979. The molecule has 5 nitrogen and oxygen atoms in total. The predicted molar refractivity (Wildman–Crippen MR) is 93.2 cm³/mol. The van der Waals surface area contributed by atoms with Gasteiger partial charge in [0.15, 0.2) is 5.16 Å². The third kappa shape index (κ3) is 3.78. The molecule has 0 fully saturated rings. The number of methoxy groups -OCH3 is 1. The van der Waals surface area contributed by atoms with Crippen LogP contribution in [0.1, 0.15) is 16.2 Å². The molecule has 0 bridgehead atoms. The van der Waals surface area contributed by atoms with E-state index in [1.165, 1.54) is 0 Å². The van der Waals surface area contributed by atoms with Crippen molar-refractivity contribution in [2.24, 2.45) is 0 Å². The molecule has 0 aliphatic carbocycles. The third-order valence-electron chi connectivity index (χ3n) is 3.28. The number of thioether (sulfide) groups is 1. The molecule has 0 saturated carbocycles. The first kappa shape index (κ1) is 16.1. The summed E-state index contributed by atoms with van der Waals surface area (Å²) in [7, 11) is 1.63. The average Bonchev–Trinajstić information content (AvgIpc) is 2.62. The SMILES string of the molecule is COc1ccc(-c2cc(C)nc(SC(=O)c3ccccn3)n2)cc1. The molecule has 0 amide bonds. The number of carbonyl (C=O) groups excluding carboxylic acids is 1. The Morgan fingerprint density at radius 3 is 2.54 bits per heavy atom. The average molecular weight is 337 g/mol. The molecule has 2 heterocycles. The zero-order valence-corrected chi connectivity index (χ0v) is 14.1. The van der Waals surface area contributed by atoms with Gasteiger partial charge in [-0.05, 0) is 61.2 Å². The van der Waals surface area contributed by atoms with Gasteiger partial charge < -0.3 is 4.74 Å². The van der Waals surface area contributed by atoms with Crippen molar-refractivity contribution in [1.82, 2.24) is 15.0 Å². The molecule has 0 aliphatic rings. The highest BCUT2D eigenvalue weighted by atomic mass is 32.2. The number of carbonyl (C=O) groups is 1. The predicted octanol–water partition coefficient (Wildman–Crippen LogP) is 3.79. The number of nitrogens with zero attached hydrogens (tertiary/aromatic N) is 3. The topological polar surface area (TPSA) is 65.0 Å². The van der Waals surface area contributed by atoms with E-state index in [1.54, 1.807) is 31.5 Å². The van der Waals surface area contributed by atoms with Crippen LogP contribution in [0.3, 0.4) is 0 Å². The number of aromatic nitrogens is 3. The fourth-order valence-electron chi connectivity index (χ4n) is 2.12. The van der Waals surface area contributed by atoms with Gasteiger partial charge in [-0.2, -0.15) is 0 Å². The quantitative estimate of drug-likeness (QED) is 0.533. The van der Waals surface area contributed by atoms with E-state index in [1.807, 2.05) is 37.3 Å². The van der Waals surface area contributed by atoms with Gasteiger partial charge in [0.25, 0.3) is 0 Å². The zero-order valence-electron chi connectivity index (χ0n) is 13.3. The first-order valence-electron chi connectivity index (χ1n) is 7.29. The molecule has 0 aliphatic heterocycles. The van der Waals surface area contributed by atoms with Crippen LogP contribution in [-0.4, -0.2) is 27.2 Å². The van der Waals surface area contributed by atoms with Gasteiger partial charge in [-0.15, -0.1) is 0 Å². The minimum Gasteiger partial charge on any atom is -0.497 e. The summed E-state index contributed by atoms with van der Waals surface area (Å²) in [6.45, 7) is 1.88. The van der Waals surface area contributed by atoms with Gasteiger partial charge in [-0.1, -0.05) is 6.07 Å². The van der Waals surface area contributed by atoms with Crippen molar-refractivity contribution in [2.45, 2.75) is 12.1 Å². The first-order valence-corrected chi connectivity index (χ1v) is 8.10. The summed E-state index contributed by atoms with van der Waals surface area (Å²) in [6, 6.07) is 14.7. The van der Waals surface area contributed by atoms with Gasteiger partial charge >= 0.3 is 0 Å². The number of pyridine rings is 1. The maximum Gasteiger partial charge on any atom is 0.245 e. The lowest BCUT2D eigenvalue weighted by Gasteiger charge is -2.06. The van der Waals surface area contributed by atoms with Crippen LogP contribution in [0.25, 0.3) is 11.3 Å². The van der Waals surface area contributed by atoms with Crippen LogP contribution in [0.2, 0.25) is 0 Å². The lowest BCUT2D eigenvalue weighted by molar-refractivity contribution is 0.108. The van der Waals surface area contributed by atoms with Crippen LogP contribution >= 0.6 is 11.8 Å². The lowest BCUT2D eigenvalue weighted by atomic mass is 10.1. The molecule has 1 aromatic carbocycles. The highest BCUT2D eigenvalue weighted by Gasteiger charge is 2.13. The second kappa shape index (κ2) is 7.23. The van der Waals surface area contributed by atoms with Crippen LogP contribution in [0.5, 0.6) is 5.75 Å². The highest BCUT2D eigenvalue weighted by Crippen LogP contribution is 2.25. The van der Waals surface area contributed by atoms with E-state index in [2.05, 4.69) is 15.0 Å². The van der Waals surface area contributed by atoms with Gasteiger partial charge in [0.1, 0.15) is 11.4 Å². The fourth-order valence-corrected chi connectivity index (χ4v) is 2.84. The number of rotatable bonds is 4. The van der Waals surface area contributed by atoms with Crippen molar-refractivity contribution in [3.8, 4) is 17.0 Å². The van der Waals surface area contributed by atoms with E-state index < -0.39 is 0 Å². The Kier molecular flexibility index (Phi) is 4.86. The number of hydrogen-bond acceptors (Lipinski definition) is 6. The van der Waals surface area contributed by atoms with Crippen LogP contribution in [0.15, 0.2) is 59.9 Å². The molecule has 3 rings (SSSR count). The molecule has 0 spiro atoms. The molecule has 0 atom stereocenters. The van der Waals surface area contributed by atoms with Crippen molar-refractivity contribution >= 4 is 16.9 Å². The number of benzene rings is 1. The minimum absolute atomic E-state index is 0.179. The van der Waals surface area contributed by atoms with Crippen LogP contribution < -0.4 is 4.74 Å². The van der Waals surface area contributed by atoms with Crippen LogP contribution in [-0.2, 0) is 0 Å². The zero-order chi connectivity index (χ0) is 16.9. The van der Waals surface area contributed by atoms with E-state index in [4.69, 9.17) is 4.74 Å². The van der Waals surface area contributed by atoms with Crippen LogP contribution in [0.4, 0.5) is 0 Å². The number of ether oxygens (including phenoxy) is 1. The first-order chi connectivity index (χ1) is 11.7. The van der Waals surface area contributed by atoms with Gasteiger partial charge in [0, 0.05) is 17.5 Å². The third-order valence-corrected chi connectivity index (χ3v) is 4.04. The van der Waals surface area contributed by atoms with Crippen molar-refractivity contribution in [1.29, 1.82) is 0 Å². The van der Waals surface area contributed by atoms with E-state index >= 15 is 0 Å². The van der Waals surface area contributed by atoms with E-state index in [-0.39, 0.29) is 5.12 Å². The maximum absolute atomic E-state index is 12.3. The van der Waals surface area contributed by atoms with E-state index in [0.717, 1.165) is 34.5 Å². The summed E-state index contributed by atoms with van der Waals surface area (Å²) in [4.78, 5) is 25.1. The van der Waals surface area contributed by atoms with Crippen LogP contribution in [0, 0.1) is 6.92 Å². The Morgan fingerprint density at radius 1 is 1.08 bits per heavy atom. The molecule has 0 saturated heterocycles. The number of aryl methyl sites for hydroxylation is 1. The van der Waals surface area contributed by atoms with Gasteiger partial charge in [-0.25, -0.2) is 9.97 Å². The maximum atomic E-state index is 12.3. The molecule has 3 aromatic rings. The second-order valence-electron chi connectivity index (χ2n) is 5.01. The minimum atomic E-state index is -0.179. The van der Waals surface area contributed by atoms with Gasteiger partial charge in [0.05, 0.1) is 12.8 Å². The molecule has 0 radical (unpaired) electrons. The van der Waals surface area contributed by atoms with Crippen molar-refractivity contribution in [3.63, 3.8) is 0 Å². The summed E-state index contributed by atoms with van der Waals surface area (Å²) in [5.74, 6) is 0.782. The Labute approximate surface area is 144 Å². The summed E-state index contributed by atoms with van der Waals surface area (Å²) in [5, 5.41) is 0.235. The van der Waals surface area contributed by atoms with Crippen molar-refractivity contribution < 1.29 is 9.53 Å². The lowest BCUT2D eigenvalue weighted by Crippen LogP contribution is -2.00. The number of hydrogen-bond donors (Lipinski definition) is 0. The Morgan fingerprint density at radius 2 is 1.88 bits per heavy atom. The second-order valence-corrected chi connectivity index (χ2v) is 5.95. The van der Waals surface area contributed by atoms with Crippen molar-refractivity contribution in [3.05, 3.63) is 66.1 Å². The van der Waals surface area contributed by atoms with E-state index in [9.17, 15) is 4.79 Å². The molecular weight excluding hydrogens is 322 g/mol. The Bertz CT molecular complexity index is 852. The van der Waals surface area contributed by atoms with E-state index in [0.29, 0.717) is 10.9 Å².